The molecule has 0 spiro atoms. The number of esters is 1. The van der Waals surface area contributed by atoms with Gasteiger partial charge in [-0.25, -0.2) is 0 Å². The van der Waals surface area contributed by atoms with E-state index in [2.05, 4.69) is 4.74 Å². The van der Waals surface area contributed by atoms with Crippen LogP contribution in [-0.4, -0.2) is 24.5 Å². The van der Waals surface area contributed by atoms with Crippen LogP contribution in [0.3, 0.4) is 0 Å². The van der Waals surface area contributed by atoms with Crippen LogP contribution in [0, 0.1) is 17.0 Å². The lowest BCUT2D eigenvalue weighted by Crippen LogP contribution is -2.17. The van der Waals surface area contributed by atoms with Crippen molar-refractivity contribution in [3.8, 4) is 0 Å². The fourth-order valence-electron chi connectivity index (χ4n) is 1.51. The molecule has 0 radical (unpaired) electrons. The van der Waals surface area contributed by atoms with Gasteiger partial charge in [0.05, 0.1) is 19.4 Å². The van der Waals surface area contributed by atoms with Gasteiger partial charge in [0, 0.05) is 9.80 Å². The van der Waals surface area contributed by atoms with E-state index in [0.717, 1.165) is 10.4 Å². The smallest absolute Gasteiger partial charge is 0.306 e. The molecule has 5 nitrogen and oxygen atoms in total. The molecule has 1 heterocycles. The number of carbonyl (C=O) groups is 1. The van der Waals surface area contributed by atoms with Crippen molar-refractivity contribution < 1.29 is 14.5 Å². The van der Waals surface area contributed by atoms with Gasteiger partial charge >= 0.3 is 5.97 Å². The molecule has 0 aliphatic carbocycles. The zero-order valence-corrected chi connectivity index (χ0v) is 9.95. The normalized spacial score (nSPS) is 12.1. The van der Waals surface area contributed by atoms with Gasteiger partial charge in [0.15, 0.2) is 0 Å². The van der Waals surface area contributed by atoms with Crippen molar-refractivity contribution in [3.05, 3.63) is 32.0 Å². The van der Waals surface area contributed by atoms with Crippen LogP contribution in [0.2, 0.25) is 0 Å². The molecule has 0 saturated carbocycles. The highest BCUT2D eigenvalue weighted by Crippen LogP contribution is 2.28. The van der Waals surface area contributed by atoms with E-state index in [4.69, 9.17) is 0 Å². The van der Waals surface area contributed by atoms with Gasteiger partial charge in [0.2, 0.25) is 6.54 Å². The van der Waals surface area contributed by atoms with Crippen molar-refractivity contribution in [1.82, 2.24) is 0 Å². The summed E-state index contributed by atoms with van der Waals surface area (Å²) in [6, 6.07) is 1.89. The Bertz CT molecular complexity index is 388. The molecule has 6 heteroatoms. The number of nitrogens with zero attached hydrogens (tertiary/aromatic N) is 1. The largest absolute Gasteiger partial charge is 0.469 e. The minimum absolute atomic E-state index is 0.0544. The molecule has 0 aromatic carbocycles. The third-order valence-corrected chi connectivity index (χ3v) is 3.46. The lowest BCUT2D eigenvalue weighted by Gasteiger charge is -2.10. The SMILES string of the molecule is COC(=O)CC(C[N+](=O)[O-])c1sccc1C. The van der Waals surface area contributed by atoms with Crippen LogP contribution in [0.1, 0.15) is 22.8 Å². The maximum atomic E-state index is 11.2. The number of ether oxygens (including phenoxy) is 1. The first-order chi connectivity index (χ1) is 7.54. The van der Waals surface area contributed by atoms with Crippen molar-refractivity contribution in [2.45, 2.75) is 19.3 Å². The van der Waals surface area contributed by atoms with E-state index in [1.807, 2.05) is 18.4 Å². The Balaban J connectivity index is 2.83. The Labute approximate surface area is 97.2 Å². The molecule has 0 aliphatic rings. The van der Waals surface area contributed by atoms with Crippen molar-refractivity contribution in [3.63, 3.8) is 0 Å². The second-order valence-corrected chi connectivity index (χ2v) is 4.41. The number of carbonyl (C=O) groups excluding carboxylic acids is 1. The number of nitro groups is 1. The lowest BCUT2D eigenvalue weighted by molar-refractivity contribution is -0.483. The van der Waals surface area contributed by atoms with Crippen molar-refractivity contribution in [2.24, 2.45) is 0 Å². The number of thiophene rings is 1. The molecule has 88 valence electrons. The average molecular weight is 243 g/mol. The van der Waals surface area contributed by atoms with Gasteiger partial charge in [-0.3, -0.25) is 14.9 Å². The van der Waals surface area contributed by atoms with Crippen LogP contribution in [0.15, 0.2) is 11.4 Å². The molecule has 0 aliphatic heterocycles. The number of aryl methyl sites for hydroxylation is 1. The van der Waals surface area contributed by atoms with E-state index in [-0.39, 0.29) is 18.9 Å². The van der Waals surface area contributed by atoms with E-state index in [9.17, 15) is 14.9 Å². The monoisotopic (exact) mass is 243 g/mol. The van der Waals surface area contributed by atoms with Crippen molar-refractivity contribution >= 4 is 17.3 Å². The van der Waals surface area contributed by atoms with Gasteiger partial charge in [0.25, 0.3) is 0 Å². The van der Waals surface area contributed by atoms with E-state index in [1.54, 1.807) is 0 Å². The fourth-order valence-corrected chi connectivity index (χ4v) is 2.53. The van der Waals surface area contributed by atoms with E-state index < -0.39 is 10.9 Å². The number of hydrogen-bond donors (Lipinski definition) is 0. The maximum Gasteiger partial charge on any atom is 0.306 e. The molecule has 1 aromatic rings. The van der Waals surface area contributed by atoms with Crippen LogP contribution in [0.25, 0.3) is 0 Å². The molecular formula is C10H13NO4S. The second-order valence-electron chi connectivity index (χ2n) is 3.46. The topological polar surface area (TPSA) is 69.4 Å². The molecule has 1 atom stereocenters. The molecule has 0 amide bonds. The molecule has 0 saturated heterocycles. The van der Waals surface area contributed by atoms with Crippen LogP contribution >= 0.6 is 11.3 Å². The quantitative estimate of drug-likeness (QED) is 0.450. The molecule has 16 heavy (non-hydrogen) atoms. The number of methoxy groups -OCH3 is 1. The molecule has 0 N–H and O–H groups in total. The Hall–Kier alpha value is -1.43. The van der Waals surface area contributed by atoms with Gasteiger partial charge in [-0.15, -0.1) is 11.3 Å². The van der Waals surface area contributed by atoms with Gasteiger partial charge in [-0.1, -0.05) is 0 Å². The highest BCUT2D eigenvalue weighted by molar-refractivity contribution is 7.10. The predicted octanol–water partition coefficient (Wildman–Crippen LogP) is 1.98. The van der Waals surface area contributed by atoms with E-state index in [1.165, 1.54) is 18.4 Å². The third kappa shape index (κ3) is 3.30. The predicted molar refractivity (Wildman–Crippen MR) is 60.3 cm³/mol. The fraction of sp³-hybridized carbons (Fsp3) is 0.500. The first-order valence-corrected chi connectivity index (χ1v) is 5.65. The minimum atomic E-state index is -0.417. The summed E-state index contributed by atoms with van der Waals surface area (Å²) in [5, 5.41) is 12.4. The molecule has 0 bridgehead atoms. The summed E-state index contributed by atoms with van der Waals surface area (Å²) in [7, 11) is 1.28. The summed E-state index contributed by atoms with van der Waals surface area (Å²) in [4.78, 5) is 22.2. The van der Waals surface area contributed by atoms with E-state index in [0.29, 0.717) is 0 Å². The standard InChI is InChI=1S/C10H13NO4S/c1-7-3-4-16-10(7)8(6-11(13)14)5-9(12)15-2/h3-4,8H,5-6H2,1-2H3. The summed E-state index contributed by atoms with van der Waals surface area (Å²) in [6.45, 7) is 1.65. The minimum Gasteiger partial charge on any atom is -0.469 e. The first kappa shape index (κ1) is 12.6. The van der Waals surface area contributed by atoms with E-state index >= 15 is 0 Å². The summed E-state index contributed by atoms with van der Waals surface area (Å²) in [5.74, 6) is -0.804. The van der Waals surface area contributed by atoms with Gasteiger partial charge < -0.3 is 4.74 Å². The van der Waals surface area contributed by atoms with Crippen LogP contribution < -0.4 is 0 Å². The zero-order chi connectivity index (χ0) is 12.1. The van der Waals surface area contributed by atoms with Gasteiger partial charge in [0.1, 0.15) is 0 Å². The number of rotatable bonds is 5. The molecular weight excluding hydrogens is 230 g/mol. The first-order valence-electron chi connectivity index (χ1n) is 4.77. The van der Waals surface area contributed by atoms with Crippen molar-refractivity contribution in [1.29, 1.82) is 0 Å². The van der Waals surface area contributed by atoms with Crippen LogP contribution in [-0.2, 0) is 9.53 Å². The number of hydrogen-bond acceptors (Lipinski definition) is 5. The maximum absolute atomic E-state index is 11.2. The average Bonchev–Trinajstić information content (AvgIpc) is 2.62. The Morgan fingerprint density at radius 3 is 2.81 bits per heavy atom. The third-order valence-electron chi connectivity index (χ3n) is 2.28. The summed E-state index contributed by atoms with van der Waals surface area (Å²) in [5.41, 5.74) is 0.987. The Morgan fingerprint density at radius 1 is 1.69 bits per heavy atom. The van der Waals surface area contributed by atoms with Gasteiger partial charge in [-0.05, 0) is 23.9 Å². The molecule has 1 rings (SSSR count). The van der Waals surface area contributed by atoms with Gasteiger partial charge in [-0.2, -0.15) is 0 Å². The summed E-state index contributed by atoms with van der Waals surface area (Å²) < 4.78 is 4.54. The van der Waals surface area contributed by atoms with Crippen LogP contribution in [0.4, 0.5) is 0 Å². The second kappa shape index (κ2) is 5.60. The lowest BCUT2D eigenvalue weighted by atomic mass is 10.0. The summed E-state index contributed by atoms with van der Waals surface area (Å²) >= 11 is 1.44. The molecule has 1 aromatic heterocycles. The molecule has 0 fully saturated rings. The van der Waals surface area contributed by atoms with Crippen molar-refractivity contribution in [2.75, 3.05) is 13.7 Å². The zero-order valence-electron chi connectivity index (χ0n) is 9.13. The van der Waals surface area contributed by atoms with Crippen LogP contribution in [0.5, 0.6) is 0 Å². The summed E-state index contributed by atoms with van der Waals surface area (Å²) in [6.07, 6.45) is 0.0544. The highest BCUT2D eigenvalue weighted by Gasteiger charge is 2.24. The Kier molecular flexibility index (Phi) is 4.42. The Morgan fingerprint density at radius 2 is 2.38 bits per heavy atom. The highest BCUT2D eigenvalue weighted by atomic mass is 32.1. The molecule has 1 unspecified atom stereocenters.